The van der Waals surface area contributed by atoms with Gasteiger partial charge in [-0.15, -0.1) is 0 Å². The molecule has 5 nitrogen and oxygen atoms in total. The predicted octanol–water partition coefficient (Wildman–Crippen LogP) is 2.95. The lowest BCUT2D eigenvalue weighted by atomic mass is 10.2. The minimum atomic E-state index is -0.326. The summed E-state index contributed by atoms with van der Waals surface area (Å²) in [4.78, 5) is 20.7. The summed E-state index contributed by atoms with van der Waals surface area (Å²) in [7, 11) is 0. The Morgan fingerprint density at radius 3 is 2.52 bits per heavy atom. The van der Waals surface area contributed by atoms with Crippen LogP contribution in [0.2, 0.25) is 0 Å². The fraction of sp³-hybridized carbons (Fsp3) is 0.176. The number of aromatic nitrogens is 4. The first-order chi connectivity index (χ1) is 11.0. The Labute approximate surface area is 132 Å². The highest BCUT2D eigenvalue weighted by Crippen LogP contribution is 2.15. The normalized spacial score (nSPS) is 11.0. The molecule has 0 atom stereocenters. The fourth-order valence-corrected chi connectivity index (χ4v) is 2.11. The Morgan fingerprint density at radius 1 is 1.09 bits per heavy atom. The summed E-state index contributed by atoms with van der Waals surface area (Å²) in [6.07, 6.45) is 3.16. The lowest BCUT2D eigenvalue weighted by Gasteiger charge is -2.08. The zero-order valence-electron chi connectivity index (χ0n) is 12.8. The number of halogens is 1. The van der Waals surface area contributed by atoms with Gasteiger partial charge in [0.2, 0.25) is 5.43 Å². The van der Waals surface area contributed by atoms with Crippen LogP contribution >= 0.6 is 0 Å². The lowest BCUT2D eigenvalue weighted by molar-refractivity contribution is 0.627. The molecule has 0 aliphatic rings. The predicted molar refractivity (Wildman–Crippen MR) is 84.9 cm³/mol. The van der Waals surface area contributed by atoms with E-state index in [9.17, 15) is 9.18 Å². The Morgan fingerprint density at radius 2 is 1.83 bits per heavy atom. The molecule has 0 N–H and O–H groups in total. The van der Waals surface area contributed by atoms with Crippen molar-refractivity contribution in [3.8, 4) is 17.1 Å². The quantitative estimate of drug-likeness (QED) is 0.746. The number of hydrogen-bond acceptors (Lipinski definition) is 4. The van der Waals surface area contributed by atoms with E-state index in [0.29, 0.717) is 17.2 Å². The molecule has 0 amide bonds. The molecule has 0 unspecified atom stereocenters. The molecule has 23 heavy (non-hydrogen) atoms. The van der Waals surface area contributed by atoms with Crippen molar-refractivity contribution in [2.75, 3.05) is 0 Å². The van der Waals surface area contributed by atoms with E-state index in [1.165, 1.54) is 22.9 Å². The maximum atomic E-state index is 13.0. The van der Waals surface area contributed by atoms with Crippen LogP contribution in [-0.4, -0.2) is 19.7 Å². The second-order valence-electron chi connectivity index (χ2n) is 5.40. The first-order valence-electron chi connectivity index (χ1n) is 7.24. The van der Waals surface area contributed by atoms with Gasteiger partial charge < -0.3 is 0 Å². The third kappa shape index (κ3) is 3.15. The van der Waals surface area contributed by atoms with E-state index in [2.05, 4.69) is 15.1 Å². The van der Waals surface area contributed by atoms with E-state index in [-0.39, 0.29) is 22.9 Å². The molecular formula is C17H15FN4O. The zero-order chi connectivity index (χ0) is 16.4. The molecule has 0 fully saturated rings. The molecule has 1 aromatic carbocycles. The number of rotatable bonds is 3. The van der Waals surface area contributed by atoms with Gasteiger partial charge in [0.15, 0.2) is 5.69 Å². The van der Waals surface area contributed by atoms with Gasteiger partial charge in [-0.1, -0.05) is 13.8 Å². The molecule has 0 aliphatic carbocycles. The summed E-state index contributed by atoms with van der Waals surface area (Å²) < 4.78 is 14.6. The van der Waals surface area contributed by atoms with Crippen molar-refractivity contribution in [2.24, 2.45) is 0 Å². The van der Waals surface area contributed by atoms with Crippen LogP contribution in [0.5, 0.6) is 0 Å². The second-order valence-corrected chi connectivity index (χ2v) is 5.40. The summed E-state index contributed by atoms with van der Waals surface area (Å²) in [6.45, 7) is 3.96. The van der Waals surface area contributed by atoms with Crippen molar-refractivity contribution in [1.82, 2.24) is 19.7 Å². The highest BCUT2D eigenvalue weighted by molar-refractivity contribution is 5.53. The van der Waals surface area contributed by atoms with E-state index >= 15 is 0 Å². The van der Waals surface area contributed by atoms with Gasteiger partial charge in [0.1, 0.15) is 11.6 Å². The molecular weight excluding hydrogens is 295 g/mol. The summed E-state index contributed by atoms with van der Waals surface area (Å²) in [5, 5.41) is 4.33. The topological polar surface area (TPSA) is 60.7 Å². The van der Waals surface area contributed by atoms with Gasteiger partial charge in [0, 0.05) is 24.4 Å². The molecule has 2 heterocycles. The maximum absolute atomic E-state index is 13.0. The molecule has 0 spiro atoms. The van der Waals surface area contributed by atoms with Crippen molar-refractivity contribution >= 4 is 0 Å². The molecule has 2 aromatic heterocycles. The SMILES string of the molecule is CC(C)c1nccc(-c2nn(-c3ccc(F)cc3)ccc2=O)n1. The lowest BCUT2D eigenvalue weighted by Crippen LogP contribution is -2.14. The van der Waals surface area contributed by atoms with Crippen LogP contribution in [0.4, 0.5) is 4.39 Å². The molecule has 116 valence electrons. The Balaban J connectivity index is 2.09. The molecule has 0 saturated carbocycles. The van der Waals surface area contributed by atoms with Crippen molar-refractivity contribution in [3.63, 3.8) is 0 Å². The first-order valence-corrected chi connectivity index (χ1v) is 7.24. The summed E-state index contributed by atoms with van der Waals surface area (Å²) in [6, 6.07) is 8.95. The minimum absolute atomic E-state index is 0.151. The van der Waals surface area contributed by atoms with Crippen LogP contribution in [0, 0.1) is 5.82 Å². The molecule has 0 saturated heterocycles. The smallest absolute Gasteiger partial charge is 0.209 e. The van der Waals surface area contributed by atoms with Gasteiger partial charge in [-0.3, -0.25) is 4.79 Å². The van der Waals surface area contributed by atoms with Gasteiger partial charge in [0.05, 0.1) is 11.4 Å². The van der Waals surface area contributed by atoms with Gasteiger partial charge in [0.25, 0.3) is 0 Å². The Hall–Kier alpha value is -2.89. The minimum Gasteiger partial charge on any atom is -0.287 e. The molecule has 0 aliphatic heterocycles. The summed E-state index contributed by atoms with van der Waals surface area (Å²) >= 11 is 0. The van der Waals surface area contributed by atoms with E-state index < -0.39 is 0 Å². The van der Waals surface area contributed by atoms with Crippen LogP contribution in [0.3, 0.4) is 0 Å². The highest BCUT2D eigenvalue weighted by atomic mass is 19.1. The summed E-state index contributed by atoms with van der Waals surface area (Å²) in [5.41, 5.74) is 1.15. The number of benzene rings is 1. The van der Waals surface area contributed by atoms with Crippen molar-refractivity contribution in [1.29, 1.82) is 0 Å². The van der Waals surface area contributed by atoms with Gasteiger partial charge in [-0.2, -0.15) is 5.10 Å². The molecule has 0 radical (unpaired) electrons. The highest BCUT2D eigenvalue weighted by Gasteiger charge is 2.11. The Kier molecular flexibility index (Phi) is 3.97. The van der Waals surface area contributed by atoms with Crippen molar-refractivity contribution in [3.05, 3.63) is 70.7 Å². The number of hydrogen-bond donors (Lipinski definition) is 0. The van der Waals surface area contributed by atoms with Gasteiger partial charge >= 0.3 is 0 Å². The van der Waals surface area contributed by atoms with Crippen LogP contribution in [0.15, 0.2) is 53.6 Å². The van der Waals surface area contributed by atoms with E-state index in [1.807, 2.05) is 13.8 Å². The first kappa shape index (κ1) is 15.0. The third-order valence-corrected chi connectivity index (χ3v) is 3.33. The van der Waals surface area contributed by atoms with E-state index in [1.54, 1.807) is 30.6 Å². The van der Waals surface area contributed by atoms with Crippen molar-refractivity contribution in [2.45, 2.75) is 19.8 Å². The second kappa shape index (κ2) is 6.08. The largest absolute Gasteiger partial charge is 0.287 e. The van der Waals surface area contributed by atoms with E-state index in [0.717, 1.165) is 0 Å². The number of nitrogens with zero attached hydrogens (tertiary/aromatic N) is 4. The average Bonchev–Trinajstić information content (AvgIpc) is 2.56. The standard InChI is InChI=1S/C17H15FN4O/c1-11(2)17-19-9-7-14(20-17)16-15(23)8-10-22(21-16)13-5-3-12(18)4-6-13/h3-11H,1-2H3. The van der Waals surface area contributed by atoms with Crippen LogP contribution < -0.4 is 5.43 Å². The van der Waals surface area contributed by atoms with E-state index in [4.69, 9.17) is 0 Å². The van der Waals surface area contributed by atoms with Gasteiger partial charge in [-0.05, 0) is 30.3 Å². The van der Waals surface area contributed by atoms with Gasteiger partial charge in [-0.25, -0.2) is 19.0 Å². The third-order valence-electron chi connectivity index (χ3n) is 3.33. The molecule has 6 heteroatoms. The zero-order valence-corrected chi connectivity index (χ0v) is 12.8. The van der Waals surface area contributed by atoms with Crippen LogP contribution in [0.1, 0.15) is 25.6 Å². The molecule has 3 rings (SSSR count). The van der Waals surface area contributed by atoms with Crippen LogP contribution in [0.25, 0.3) is 17.1 Å². The fourth-order valence-electron chi connectivity index (χ4n) is 2.11. The molecule has 3 aromatic rings. The monoisotopic (exact) mass is 310 g/mol. The molecule has 0 bridgehead atoms. The average molecular weight is 310 g/mol. The summed E-state index contributed by atoms with van der Waals surface area (Å²) in [5.74, 6) is 0.478. The Bertz CT molecular complexity index is 888. The maximum Gasteiger partial charge on any atom is 0.209 e. The van der Waals surface area contributed by atoms with Crippen LogP contribution in [-0.2, 0) is 0 Å². The van der Waals surface area contributed by atoms with Crippen molar-refractivity contribution < 1.29 is 4.39 Å².